The van der Waals surface area contributed by atoms with Crippen molar-refractivity contribution in [3.8, 4) is 0 Å². The highest BCUT2D eigenvalue weighted by Crippen LogP contribution is 2.36. The Bertz CT molecular complexity index is 497. The van der Waals surface area contributed by atoms with Crippen LogP contribution in [-0.2, 0) is 18.9 Å². The van der Waals surface area contributed by atoms with Crippen LogP contribution in [0, 0.1) is 5.92 Å². The second kappa shape index (κ2) is 7.76. The second-order valence-corrected chi connectivity index (χ2v) is 6.38. The van der Waals surface area contributed by atoms with E-state index in [1.807, 2.05) is 0 Å². The Kier molecular flexibility index (Phi) is 6.17. The van der Waals surface area contributed by atoms with Crippen molar-refractivity contribution < 1.29 is 26.3 Å². The number of alkyl halides is 6. The van der Waals surface area contributed by atoms with Crippen molar-refractivity contribution >= 4 is 0 Å². The molecule has 1 fully saturated rings. The first kappa shape index (κ1) is 19.1. The van der Waals surface area contributed by atoms with Crippen molar-refractivity contribution in [1.29, 1.82) is 0 Å². The molecule has 1 aromatic rings. The maximum absolute atomic E-state index is 12.8. The average molecular weight is 353 g/mol. The Morgan fingerprint density at radius 1 is 0.833 bits per heavy atom. The minimum Gasteiger partial charge on any atom is -0.313 e. The van der Waals surface area contributed by atoms with Gasteiger partial charge in [-0.1, -0.05) is 32.1 Å². The van der Waals surface area contributed by atoms with E-state index in [9.17, 15) is 26.3 Å². The zero-order chi connectivity index (χ0) is 17.8. The van der Waals surface area contributed by atoms with Crippen molar-refractivity contribution in [1.82, 2.24) is 5.32 Å². The van der Waals surface area contributed by atoms with Crippen LogP contribution in [0.1, 0.15) is 55.2 Å². The van der Waals surface area contributed by atoms with Gasteiger partial charge in [0.2, 0.25) is 0 Å². The molecule has 1 aliphatic carbocycles. The maximum atomic E-state index is 12.8. The van der Waals surface area contributed by atoms with Gasteiger partial charge in [-0.2, -0.15) is 26.3 Å². The minimum atomic E-state index is -4.79. The molecule has 1 N–H and O–H groups in total. The van der Waals surface area contributed by atoms with Crippen LogP contribution < -0.4 is 5.32 Å². The van der Waals surface area contributed by atoms with Crippen molar-refractivity contribution in [2.45, 2.75) is 57.4 Å². The number of hydrogen-bond donors (Lipinski definition) is 1. The highest BCUT2D eigenvalue weighted by molar-refractivity contribution is 5.33. The molecule has 1 nitrogen and oxygen atoms in total. The van der Waals surface area contributed by atoms with Crippen molar-refractivity contribution in [3.63, 3.8) is 0 Å². The number of hydrogen-bond acceptors (Lipinski definition) is 1. The van der Waals surface area contributed by atoms with Crippen LogP contribution in [0.3, 0.4) is 0 Å². The van der Waals surface area contributed by atoms with Crippen LogP contribution in [0.5, 0.6) is 0 Å². The van der Waals surface area contributed by atoms with Crippen LogP contribution in [-0.4, -0.2) is 6.54 Å². The van der Waals surface area contributed by atoms with Gasteiger partial charge in [0.1, 0.15) is 0 Å². The number of benzene rings is 1. The van der Waals surface area contributed by atoms with Gasteiger partial charge >= 0.3 is 12.4 Å². The molecule has 7 heteroatoms. The Morgan fingerprint density at radius 3 is 1.88 bits per heavy atom. The van der Waals surface area contributed by atoms with Crippen molar-refractivity contribution in [2.75, 3.05) is 6.54 Å². The molecular formula is C17H21F6N. The molecule has 0 heterocycles. The molecule has 0 radical (unpaired) electrons. The summed E-state index contributed by atoms with van der Waals surface area (Å²) in [4.78, 5) is 0. The maximum Gasteiger partial charge on any atom is 0.416 e. The largest absolute Gasteiger partial charge is 0.416 e. The molecular weight excluding hydrogens is 332 g/mol. The first-order valence-corrected chi connectivity index (χ1v) is 8.15. The summed E-state index contributed by atoms with van der Waals surface area (Å²) < 4.78 is 76.7. The fourth-order valence-corrected chi connectivity index (χ4v) is 3.14. The highest BCUT2D eigenvalue weighted by Gasteiger charge is 2.36. The number of nitrogens with one attached hydrogen (secondary N) is 1. The molecule has 1 aromatic carbocycles. The Labute approximate surface area is 137 Å². The summed E-state index contributed by atoms with van der Waals surface area (Å²) in [5, 5.41) is 2.97. The lowest BCUT2D eigenvalue weighted by atomic mass is 9.87. The van der Waals surface area contributed by atoms with Gasteiger partial charge < -0.3 is 5.32 Å². The molecule has 0 aromatic heterocycles. The number of rotatable bonds is 5. The summed E-state index contributed by atoms with van der Waals surface area (Å²) in [5.41, 5.74) is -2.52. The molecule has 136 valence electrons. The summed E-state index contributed by atoms with van der Waals surface area (Å²) in [7, 11) is 0. The van der Waals surface area contributed by atoms with E-state index in [0.29, 0.717) is 12.5 Å². The van der Waals surface area contributed by atoms with Gasteiger partial charge in [-0.3, -0.25) is 0 Å². The van der Waals surface area contributed by atoms with E-state index in [0.717, 1.165) is 31.4 Å². The van der Waals surface area contributed by atoms with Gasteiger partial charge in [-0.15, -0.1) is 0 Å². The lowest BCUT2D eigenvalue weighted by molar-refractivity contribution is -0.143. The Balaban J connectivity index is 1.98. The molecule has 2 rings (SSSR count). The standard InChI is InChI=1S/C17H21F6N/c18-16(19,20)14-8-13(9-15(10-14)17(21,22)23)11-24-7-6-12-4-2-1-3-5-12/h8-10,12,24H,1-7,11H2. The molecule has 0 bridgehead atoms. The monoisotopic (exact) mass is 353 g/mol. The van der Waals surface area contributed by atoms with E-state index in [1.54, 1.807) is 0 Å². The summed E-state index contributed by atoms with van der Waals surface area (Å²) >= 11 is 0. The van der Waals surface area contributed by atoms with Crippen LogP contribution in [0.15, 0.2) is 18.2 Å². The molecule has 0 atom stereocenters. The minimum absolute atomic E-state index is 0.000278. The van der Waals surface area contributed by atoms with Crippen LogP contribution in [0.25, 0.3) is 0 Å². The summed E-state index contributed by atoms with van der Waals surface area (Å²) in [6, 6.07) is 1.72. The van der Waals surface area contributed by atoms with Gasteiger partial charge in [-0.05, 0) is 42.6 Å². The van der Waals surface area contributed by atoms with Crippen molar-refractivity contribution in [2.24, 2.45) is 5.92 Å². The molecule has 0 amide bonds. The third-order valence-corrected chi connectivity index (χ3v) is 4.43. The number of halogens is 6. The van der Waals surface area contributed by atoms with Crippen LogP contribution in [0.4, 0.5) is 26.3 Å². The summed E-state index contributed by atoms with van der Waals surface area (Å²) in [6.07, 6.45) is -2.72. The molecule has 1 saturated carbocycles. The second-order valence-electron chi connectivity index (χ2n) is 6.38. The quantitative estimate of drug-likeness (QED) is 0.522. The van der Waals surface area contributed by atoms with Crippen LogP contribution >= 0.6 is 0 Å². The van der Waals surface area contributed by atoms with E-state index in [1.165, 1.54) is 19.3 Å². The van der Waals surface area contributed by atoms with E-state index in [2.05, 4.69) is 5.32 Å². The topological polar surface area (TPSA) is 12.0 Å². The van der Waals surface area contributed by atoms with E-state index in [4.69, 9.17) is 0 Å². The molecule has 24 heavy (non-hydrogen) atoms. The van der Waals surface area contributed by atoms with Gasteiger partial charge in [0.15, 0.2) is 0 Å². The smallest absolute Gasteiger partial charge is 0.313 e. The van der Waals surface area contributed by atoms with Gasteiger partial charge in [-0.25, -0.2) is 0 Å². The Morgan fingerprint density at radius 2 is 1.38 bits per heavy atom. The predicted molar refractivity (Wildman–Crippen MR) is 79.3 cm³/mol. The third kappa shape index (κ3) is 5.69. The normalized spacial score (nSPS) is 17.2. The SMILES string of the molecule is FC(F)(F)c1cc(CNCCC2CCCCC2)cc(C(F)(F)F)c1. The van der Waals surface area contributed by atoms with Gasteiger partial charge in [0, 0.05) is 6.54 Å². The molecule has 1 aliphatic rings. The molecule has 0 unspecified atom stereocenters. The predicted octanol–water partition coefficient (Wildman–Crippen LogP) is 5.78. The van der Waals surface area contributed by atoms with Gasteiger partial charge in [0.25, 0.3) is 0 Å². The Hall–Kier alpha value is -1.24. The van der Waals surface area contributed by atoms with Crippen LogP contribution in [0.2, 0.25) is 0 Å². The lowest BCUT2D eigenvalue weighted by Crippen LogP contribution is -2.20. The molecule has 0 aliphatic heterocycles. The summed E-state index contributed by atoms with van der Waals surface area (Å²) in [6.45, 7) is 0.599. The highest BCUT2D eigenvalue weighted by atomic mass is 19.4. The lowest BCUT2D eigenvalue weighted by Gasteiger charge is -2.21. The summed E-state index contributed by atoms with van der Waals surface area (Å²) in [5.74, 6) is 0.610. The van der Waals surface area contributed by atoms with E-state index < -0.39 is 23.5 Å². The third-order valence-electron chi connectivity index (χ3n) is 4.43. The van der Waals surface area contributed by atoms with Gasteiger partial charge in [0.05, 0.1) is 11.1 Å². The zero-order valence-corrected chi connectivity index (χ0v) is 13.2. The van der Waals surface area contributed by atoms with E-state index in [-0.39, 0.29) is 18.2 Å². The first-order valence-electron chi connectivity index (χ1n) is 8.15. The molecule has 0 saturated heterocycles. The fraction of sp³-hybridized carbons (Fsp3) is 0.647. The zero-order valence-electron chi connectivity index (χ0n) is 13.2. The fourth-order valence-electron chi connectivity index (χ4n) is 3.14. The van der Waals surface area contributed by atoms with Crippen molar-refractivity contribution in [3.05, 3.63) is 34.9 Å². The average Bonchev–Trinajstić information content (AvgIpc) is 2.51. The van der Waals surface area contributed by atoms with E-state index >= 15 is 0 Å². The first-order chi connectivity index (χ1) is 11.2. The molecule has 0 spiro atoms.